The lowest BCUT2D eigenvalue weighted by atomic mass is 10.0. The molecule has 1 aliphatic heterocycles. The van der Waals surface area contributed by atoms with Crippen LogP contribution in [0.25, 0.3) is 0 Å². The Hall–Kier alpha value is -6.21. The monoisotopic (exact) mass is 989 g/mol. The number of aliphatic carboxylic acids is 2. The first-order chi connectivity index (χ1) is 29.1. The minimum Gasteiger partial charge on any atom is -0.507 e. The number of carboxylic acids is 2. The van der Waals surface area contributed by atoms with Crippen molar-refractivity contribution in [3.8, 4) is 5.75 Å². The van der Waals surface area contributed by atoms with E-state index in [9.17, 15) is 56.9 Å². The summed E-state index contributed by atoms with van der Waals surface area (Å²) in [5, 5.41) is 39.2. The number of aryl methyl sites for hydroxylation is 1. The van der Waals surface area contributed by atoms with Crippen LogP contribution in [0.4, 0.5) is 13.2 Å². The Morgan fingerprint density at radius 2 is 1.60 bits per heavy atom. The standard InChI is InChI=1S/C36H48IN9O9.C2HF3O2/c1-46-27(9-5-15-41-36(38)39)34(54)43-20-30(49)44-26(18-31(50)51)33(53)42-19-22-6-4-7-23(16-22)32(52)45-25(35(46)55)8-2-3-14-40-29(48)13-11-21-10-12-28(47)24(37)17-21;3-2(4,5)1(6)7/h4,6-7,10,12,16-17,25-27,47H,2-3,5,8-9,11,13-15,18-20H2,1H3,(H,40,48)(H,42,53)(H,43,54)(H,44,49)(H,45,52)(H,50,51)(H4,38,39,41);(H,6,7)/t25-,26+,27+;/m1./s1/i37-2;. The van der Waals surface area contributed by atoms with Crippen molar-refractivity contribution >= 4 is 75.9 Å². The van der Waals surface area contributed by atoms with Crippen molar-refractivity contribution in [3.63, 3.8) is 0 Å². The molecule has 0 saturated heterocycles. The number of phenolic OH excluding ortho intramolecular Hbond substituents is 1. The van der Waals surface area contributed by atoms with Gasteiger partial charge in [-0.15, -0.1) is 0 Å². The molecule has 12 N–H and O–H groups in total. The molecule has 2 aromatic rings. The number of amides is 6. The van der Waals surface area contributed by atoms with E-state index in [0.717, 1.165) is 5.56 Å². The maximum absolute atomic E-state index is 14.1. The lowest BCUT2D eigenvalue weighted by Gasteiger charge is -2.31. The number of nitrogens with zero attached hydrogens (tertiary/aromatic N) is 2. The number of likely N-dealkylation sites (N-methyl/N-ethyl adjacent to an activating group) is 1. The number of fused-ring (bicyclic) bond motifs is 2. The second kappa shape index (κ2) is 25.5. The number of unbranched alkanes of at least 4 members (excludes halogenated alkanes) is 1. The zero-order valence-corrected chi connectivity index (χ0v) is 35.6. The Kier molecular flexibility index (Phi) is 21.4. The van der Waals surface area contributed by atoms with Crippen LogP contribution in [-0.4, -0.2) is 125 Å². The van der Waals surface area contributed by atoms with Gasteiger partial charge in [0.15, 0.2) is 5.96 Å². The van der Waals surface area contributed by atoms with E-state index in [0.29, 0.717) is 34.9 Å². The summed E-state index contributed by atoms with van der Waals surface area (Å²) in [6, 6.07) is 7.68. The van der Waals surface area contributed by atoms with Gasteiger partial charge in [0.2, 0.25) is 29.5 Å². The number of carbonyl (C=O) groups excluding carboxylic acids is 6. The van der Waals surface area contributed by atoms with E-state index in [1.54, 1.807) is 24.3 Å². The van der Waals surface area contributed by atoms with Gasteiger partial charge in [-0.3, -0.25) is 38.6 Å². The average Bonchev–Trinajstić information content (AvgIpc) is 3.20. The molecule has 0 fully saturated rings. The third kappa shape index (κ3) is 19.0. The number of rotatable bonds is 14. The Balaban J connectivity index is 0.00000173. The molecule has 1 aliphatic rings. The van der Waals surface area contributed by atoms with E-state index in [1.165, 1.54) is 24.1 Å². The average molecular weight is 990 g/mol. The van der Waals surface area contributed by atoms with Crippen molar-refractivity contribution in [2.45, 2.75) is 82.2 Å². The SMILES string of the molecule is CN1C(=O)[C@@H](CCCCNC(=O)CCc2ccc(O)c([125I])c2)NC(=O)c2cccc(c2)CNC(=O)[C@H](CC(=O)O)NC(=O)CNC(=O)[C@@H]1CCCN=C(N)N.O=C(O)C(F)(F)F. The fourth-order valence-corrected chi connectivity index (χ4v) is 6.27. The molecule has 3 rings (SSSR count). The zero-order chi connectivity index (χ0) is 46.6. The molecule has 20 nitrogen and oxygen atoms in total. The first kappa shape index (κ1) is 51.9. The van der Waals surface area contributed by atoms with Crippen molar-refractivity contribution < 1.29 is 66.8 Å². The number of guanidine groups is 1. The van der Waals surface area contributed by atoms with Crippen LogP contribution in [0.5, 0.6) is 5.75 Å². The first-order valence-corrected chi connectivity index (χ1v) is 20.0. The van der Waals surface area contributed by atoms with E-state index in [2.05, 4.69) is 31.6 Å². The molecule has 24 heteroatoms. The Bertz CT molecular complexity index is 1970. The van der Waals surface area contributed by atoms with Crippen LogP contribution in [0.2, 0.25) is 0 Å². The molecule has 62 heavy (non-hydrogen) atoms. The summed E-state index contributed by atoms with van der Waals surface area (Å²) in [6.45, 7) is -0.279. The highest BCUT2D eigenvalue weighted by atomic mass is 125. The predicted octanol–water partition coefficient (Wildman–Crippen LogP) is 0.234. The number of carboxylic acid groups (broad SMARTS) is 2. The smallest absolute Gasteiger partial charge is 0.490 e. The molecular formula is C38H49F3IN9O11. The Labute approximate surface area is 366 Å². The van der Waals surface area contributed by atoms with Crippen LogP contribution in [-0.2, 0) is 46.5 Å². The first-order valence-electron chi connectivity index (χ1n) is 18.9. The van der Waals surface area contributed by atoms with Crippen molar-refractivity contribution in [2.75, 3.05) is 26.7 Å². The van der Waals surface area contributed by atoms with Gasteiger partial charge in [-0.1, -0.05) is 18.2 Å². The highest BCUT2D eigenvalue weighted by Gasteiger charge is 2.38. The fourth-order valence-electron chi connectivity index (χ4n) is 5.69. The number of nitrogens with one attached hydrogen (secondary N) is 5. The summed E-state index contributed by atoms with van der Waals surface area (Å²) in [6.07, 6.45) is -3.72. The Morgan fingerprint density at radius 1 is 0.919 bits per heavy atom. The van der Waals surface area contributed by atoms with E-state index in [1.807, 2.05) is 28.7 Å². The maximum atomic E-state index is 14.1. The molecular weight excluding hydrogens is 940 g/mol. The molecule has 0 spiro atoms. The summed E-state index contributed by atoms with van der Waals surface area (Å²) in [4.78, 5) is 105. The molecule has 6 amide bonds. The molecule has 0 radical (unpaired) electrons. The molecule has 0 aliphatic carbocycles. The van der Waals surface area contributed by atoms with Crippen molar-refractivity contribution in [1.82, 2.24) is 31.5 Å². The highest BCUT2D eigenvalue weighted by Crippen LogP contribution is 2.21. The van der Waals surface area contributed by atoms with Crippen molar-refractivity contribution in [2.24, 2.45) is 16.5 Å². The van der Waals surface area contributed by atoms with E-state index in [4.69, 9.17) is 21.4 Å². The Morgan fingerprint density at radius 3 is 2.23 bits per heavy atom. The summed E-state index contributed by atoms with van der Waals surface area (Å²) in [5.74, 6) is -7.78. The maximum Gasteiger partial charge on any atom is 0.490 e. The second-order valence-electron chi connectivity index (χ2n) is 13.7. The quantitative estimate of drug-likeness (QED) is 0.0526. The molecule has 0 saturated carbocycles. The van der Waals surface area contributed by atoms with Gasteiger partial charge in [0.05, 0.1) is 16.5 Å². The van der Waals surface area contributed by atoms with Crippen molar-refractivity contribution in [3.05, 3.63) is 62.7 Å². The number of hydrogen-bond donors (Lipinski definition) is 10. The van der Waals surface area contributed by atoms with Crippen LogP contribution in [0.15, 0.2) is 47.5 Å². The third-order valence-corrected chi connectivity index (χ3v) is 9.76. The van der Waals surface area contributed by atoms with Crippen LogP contribution in [0.3, 0.4) is 0 Å². The number of benzene rings is 2. The molecule has 2 bridgehead atoms. The lowest BCUT2D eigenvalue weighted by Crippen LogP contribution is -2.56. The number of alkyl halides is 3. The number of hydrogen-bond acceptors (Lipinski definition) is 10. The van der Waals surface area contributed by atoms with Gasteiger partial charge in [-0.2, -0.15) is 13.2 Å². The van der Waals surface area contributed by atoms with Gasteiger partial charge in [0.25, 0.3) is 5.91 Å². The van der Waals surface area contributed by atoms with Gasteiger partial charge >= 0.3 is 18.1 Å². The van der Waals surface area contributed by atoms with Crippen LogP contribution < -0.4 is 38.1 Å². The topological polar surface area (TPSA) is 325 Å². The largest absolute Gasteiger partial charge is 0.507 e. The molecule has 340 valence electrons. The third-order valence-electron chi connectivity index (χ3n) is 8.90. The lowest BCUT2D eigenvalue weighted by molar-refractivity contribution is -0.192. The van der Waals surface area contributed by atoms with Gasteiger partial charge < -0.3 is 58.3 Å². The minimum absolute atomic E-state index is 0.0640. The molecule has 1 heterocycles. The summed E-state index contributed by atoms with van der Waals surface area (Å²) in [5.41, 5.74) is 12.4. The molecule has 0 unspecified atom stereocenters. The highest BCUT2D eigenvalue weighted by molar-refractivity contribution is 14.1. The normalized spacial score (nSPS) is 17.7. The van der Waals surface area contributed by atoms with Crippen molar-refractivity contribution in [1.29, 1.82) is 0 Å². The van der Waals surface area contributed by atoms with Crippen LogP contribution in [0, 0.1) is 3.57 Å². The van der Waals surface area contributed by atoms with E-state index < -0.39 is 78.7 Å². The van der Waals surface area contributed by atoms with Gasteiger partial charge in [-0.05, 0) is 96.5 Å². The number of aliphatic imine (C=N–C) groups is 1. The predicted molar refractivity (Wildman–Crippen MR) is 223 cm³/mol. The number of carbonyl (C=O) groups is 8. The number of phenols is 1. The second-order valence-corrected chi connectivity index (χ2v) is 14.9. The van der Waals surface area contributed by atoms with E-state index in [-0.39, 0.29) is 62.0 Å². The van der Waals surface area contributed by atoms with Crippen LogP contribution >= 0.6 is 22.6 Å². The molecule has 2 aromatic carbocycles. The zero-order valence-electron chi connectivity index (χ0n) is 33.4. The number of halogens is 4. The number of nitrogens with two attached hydrogens (primary N) is 2. The summed E-state index contributed by atoms with van der Waals surface area (Å²) >= 11 is 2.02. The van der Waals surface area contributed by atoms with Gasteiger partial charge in [-0.25, -0.2) is 4.79 Å². The van der Waals surface area contributed by atoms with Crippen LogP contribution in [0.1, 0.15) is 66.4 Å². The number of aromatic hydroxyl groups is 1. The fraction of sp³-hybridized carbons (Fsp3) is 0.447. The minimum atomic E-state index is -5.08. The summed E-state index contributed by atoms with van der Waals surface area (Å²) in [7, 11) is 1.40. The van der Waals surface area contributed by atoms with E-state index >= 15 is 0 Å². The molecule has 0 aromatic heterocycles. The van der Waals surface area contributed by atoms with Gasteiger partial charge in [0, 0.05) is 38.7 Å². The van der Waals surface area contributed by atoms with Gasteiger partial charge in [0.1, 0.15) is 23.9 Å². The summed E-state index contributed by atoms with van der Waals surface area (Å²) < 4.78 is 32.4. The molecule has 3 atom stereocenters.